The lowest BCUT2D eigenvalue weighted by molar-refractivity contribution is -0.121. The summed E-state index contributed by atoms with van der Waals surface area (Å²) in [6.45, 7) is 2.83. The van der Waals surface area contributed by atoms with Gasteiger partial charge < -0.3 is 0 Å². The molecule has 0 bridgehead atoms. The maximum Gasteiger partial charge on any atom is 0.248 e. The van der Waals surface area contributed by atoms with E-state index in [1.54, 1.807) is 6.07 Å². The van der Waals surface area contributed by atoms with Crippen LogP contribution in [0.25, 0.3) is 0 Å². The average Bonchev–Trinajstić information content (AvgIpc) is 1.99. The van der Waals surface area contributed by atoms with Crippen LogP contribution in [0.3, 0.4) is 0 Å². The first-order valence-electron chi connectivity index (χ1n) is 3.70. The monoisotopic (exact) mass is 155 g/mol. The van der Waals surface area contributed by atoms with Gasteiger partial charge in [0.1, 0.15) is 6.42 Å². The van der Waals surface area contributed by atoms with Gasteiger partial charge in [-0.15, -0.1) is 0 Å². The number of amides is 1. The molecule has 0 aromatic heterocycles. The Labute approximate surface area is 66.6 Å². The molecule has 0 atom stereocenters. The molecule has 0 aromatic carbocycles. The lowest BCUT2D eigenvalue weighted by atomic mass is 10.3. The van der Waals surface area contributed by atoms with Gasteiger partial charge in [0.15, 0.2) is 0 Å². The second-order valence-electron chi connectivity index (χ2n) is 2.16. The zero-order valence-electron chi connectivity index (χ0n) is 6.68. The smallest absolute Gasteiger partial charge is 0.248 e. The van der Waals surface area contributed by atoms with Crippen molar-refractivity contribution in [2.75, 3.05) is 6.54 Å². The van der Waals surface area contributed by atoms with E-state index in [1.165, 1.54) is 0 Å². The van der Waals surface area contributed by atoms with E-state index in [-0.39, 0.29) is 12.3 Å². The Kier molecular flexibility index (Phi) is 6.34. The SMILES string of the molecule is CCCCNNC(=O)CC#N. The molecule has 0 fully saturated rings. The van der Waals surface area contributed by atoms with Crippen molar-refractivity contribution in [1.82, 2.24) is 10.9 Å². The number of hydrogen-bond acceptors (Lipinski definition) is 3. The van der Waals surface area contributed by atoms with Crippen LogP contribution in [0.2, 0.25) is 0 Å². The highest BCUT2D eigenvalue weighted by molar-refractivity contribution is 5.77. The summed E-state index contributed by atoms with van der Waals surface area (Å²) < 4.78 is 0. The zero-order valence-corrected chi connectivity index (χ0v) is 6.68. The first-order valence-corrected chi connectivity index (χ1v) is 3.70. The summed E-state index contributed by atoms with van der Waals surface area (Å²) in [5, 5.41) is 8.10. The largest absolute Gasteiger partial charge is 0.291 e. The first-order chi connectivity index (χ1) is 5.31. The van der Waals surface area contributed by atoms with E-state index in [1.807, 2.05) is 0 Å². The van der Waals surface area contributed by atoms with Gasteiger partial charge in [0, 0.05) is 6.54 Å². The summed E-state index contributed by atoms with van der Waals surface area (Å²) in [5.74, 6) is -0.274. The van der Waals surface area contributed by atoms with Crippen LogP contribution >= 0.6 is 0 Å². The third-order valence-electron chi connectivity index (χ3n) is 1.12. The lowest BCUT2D eigenvalue weighted by Gasteiger charge is -2.02. The van der Waals surface area contributed by atoms with Crippen molar-refractivity contribution in [2.24, 2.45) is 0 Å². The van der Waals surface area contributed by atoms with E-state index in [9.17, 15) is 4.79 Å². The van der Waals surface area contributed by atoms with E-state index >= 15 is 0 Å². The standard InChI is InChI=1S/C7H13N3O/c1-2-3-6-9-10-7(11)4-5-8/h9H,2-4,6H2,1H3,(H,10,11). The second-order valence-corrected chi connectivity index (χ2v) is 2.16. The first kappa shape index (κ1) is 9.92. The minimum absolute atomic E-state index is 0.0842. The topological polar surface area (TPSA) is 64.9 Å². The predicted molar refractivity (Wildman–Crippen MR) is 41.3 cm³/mol. The molecule has 0 saturated heterocycles. The minimum atomic E-state index is -0.274. The van der Waals surface area contributed by atoms with E-state index < -0.39 is 0 Å². The highest BCUT2D eigenvalue weighted by Gasteiger charge is 1.95. The zero-order chi connectivity index (χ0) is 8.53. The third kappa shape index (κ3) is 6.81. The van der Waals surface area contributed by atoms with Crippen molar-refractivity contribution in [3.8, 4) is 6.07 Å². The van der Waals surface area contributed by atoms with Crippen molar-refractivity contribution < 1.29 is 4.79 Å². The normalized spacial score (nSPS) is 8.73. The summed E-state index contributed by atoms with van der Waals surface area (Å²) in [7, 11) is 0. The molecule has 0 aliphatic heterocycles. The molecule has 0 spiro atoms. The molecule has 0 saturated carbocycles. The van der Waals surface area contributed by atoms with Crippen molar-refractivity contribution in [3.05, 3.63) is 0 Å². The fourth-order valence-corrected chi connectivity index (χ4v) is 0.542. The Morgan fingerprint density at radius 3 is 2.91 bits per heavy atom. The molecule has 11 heavy (non-hydrogen) atoms. The van der Waals surface area contributed by atoms with Crippen LogP contribution in [-0.2, 0) is 4.79 Å². The average molecular weight is 155 g/mol. The number of carbonyl (C=O) groups excluding carboxylic acids is 1. The van der Waals surface area contributed by atoms with Gasteiger partial charge in [0.25, 0.3) is 0 Å². The predicted octanol–water partition coefficient (Wildman–Crippen LogP) is 0.321. The van der Waals surface area contributed by atoms with Gasteiger partial charge in [-0.1, -0.05) is 13.3 Å². The van der Waals surface area contributed by atoms with Gasteiger partial charge in [0.05, 0.1) is 6.07 Å². The molecule has 4 heteroatoms. The van der Waals surface area contributed by atoms with Crippen LogP contribution in [0.5, 0.6) is 0 Å². The summed E-state index contributed by atoms with van der Waals surface area (Å²) in [5.41, 5.74) is 5.13. The highest BCUT2D eigenvalue weighted by Crippen LogP contribution is 1.80. The van der Waals surface area contributed by atoms with Gasteiger partial charge >= 0.3 is 0 Å². The molecule has 62 valence electrons. The van der Waals surface area contributed by atoms with Crippen LogP contribution in [-0.4, -0.2) is 12.5 Å². The van der Waals surface area contributed by atoms with Crippen LogP contribution < -0.4 is 10.9 Å². The summed E-state index contributed by atoms with van der Waals surface area (Å²) in [4.78, 5) is 10.6. The summed E-state index contributed by atoms with van der Waals surface area (Å²) in [6.07, 6.45) is 2.02. The van der Waals surface area contributed by atoms with Crippen molar-refractivity contribution in [3.63, 3.8) is 0 Å². The maximum absolute atomic E-state index is 10.6. The van der Waals surface area contributed by atoms with Crippen molar-refractivity contribution in [2.45, 2.75) is 26.2 Å². The maximum atomic E-state index is 10.6. The third-order valence-corrected chi connectivity index (χ3v) is 1.12. The Bertz CT molecular complexity index is 150. The number of nitrogens with one attached hydrogen (secondary N) is 2. The molecule has 4 nitrogen and oxygen atoms in total. The highest BCUT2D eigenvalue weighted by atomic mass is 16.2. The summed E-state index contributed by atoms with van der Waals surface area (Å²) >= 11 is 0. The van der Waals surface area contributed by atoms with Gasteiger partial charge in [-0.3, -0.25) is 10.2 Å². The van der Waals surface area contributed by atoms with Gasteiger partial charge in [-0.25, -0.2) is 5.43 Å². The van der Waals surface area contributed by atoms with Gasteiger partial charge in [-0.05, 0) is 6.42 Å². The second kappa shape index (κ2) is 7.03. The number of carbonyl (C=O) groups is 1. The van der Waals surface area contributed by atoms with Gasteiger partial charge in [-0.2, -0.15) is 5.26 Å². The molecule has 0 aliphatic rings. The number of hydrogen-bond donors (Lipinski definition) is 2. The Morgan fingerprint density at radius 1 is 1.64 bits per heavy atom. The van der Waals surface area contributed by atoms with E-state index in [0.29, 0.717) is 0 Å². The minimum Gasteiger partial charge on any atom is -0.291 e. The quantitative estimate of drug-likeness (QED) is 0.444. The lowest BCUT2D eigenvalue weighted by Crippen LogP contribution is -2.37. The Hall–Kier alpha value is -1.08. The van der Waals surface area contributed by atoms with Crippen LogP contribution in [0.15, 0.2) is 0 Å². The molecule has 0 aliphatic carbocycles. The summed E-state index contributed by atoms with van der Waals surface area (Å²) in [6, 6.07) is 1.76. The van der Waals surface area contributed by atoms with Gasteiger partial charge in [0.2, 0.25) is 5.91 Å². The molecule has 0 radical (unpaired) electrons. The molecule has 0 heterocycles. The fourth-order valence-electron chi connectivity index (χ4n) is 0.542. The van der Waals surface area contributed by atoms with Crippen molar-refractivity contribution >= 4 is 5.91 Å². The molecule has 0 rings (SSSR count). The number of hydrazine groups is 1. The van der Waals surface area contributed by atoms with Crippen LogP contribution in [0.4, 0.5) is 0 Å². The van der Waals surface area contributed by atoms with Crippen molar-refractivity contribution in [1.29, 1.82) is 5.26 Å². The molecular weight excluding hydrogens is 142 g/mol. The molecule has 1 amide bonds. The number of nitrogens with zero attached hydrogens (tertiary/aromatic N) is 1. The molecule has 0 aromatic rings. The van der Waals surface area contributed by atoms with Crippen LogP contribution in [0, 0.1) is 11.3 Å². The van der Waals surface area contributed by atoms with E-state index in [4.69, 9.17) is 5.26 Å². The van der Waals surface area contributed by atoms with Crippen LogP contribution in [0.1, 0.15) is 26.2 Å². The molecule has 2 N–H and O–H groups in total. The number of nitriles is 1. The fraction of sp³-hybridized carbons (Fsp3) is 0.714. The molecule has 0 unspecified atom stereocenters. The number of rotatable bonds is 5. The number of unbranched alkanes of at least 4 members (excludes halogenated alkanes) is 1. The molecular formula is C7H13N3O. The van der Waals surface area contributed by atoms with E-state index in [0.717, 1.165) is 19.4 Å². The Morgan fingerprint density at radius 2 is 2.36 bits per heavy atom. The van der Waals surface area contributed by atoms with E-state index in [2.05, 4.69) is 17.8 Å². The Balaban J connectivity index is 3.12.